The Hall–Kier alpha value is -2.71. The topological polar surface area (TPSA) is 77.0 Å². The van der Waals surface area contributed by atoms with Crippen LogP contribution in [0.25, 0.3) is 10.2 Å². The Bertz CT molecular complexity index is 1210. The van der Waals surface area contributed by atoms with Crippen molar-refractivity contribution in [2.24, 2.45) is 0 Å². The van der Waals surface area contributed by atoms with Crippen molar-refractivity contribution >= 4 is 44.2 Å². The fourth-order valence-electron chi connectivity index (χ4n) is 3.19. The van der Waals surface area contributed by atoms with Gasteiger partial charge in [0.05, 0.1) is 22.5 Å². The molecule has 29 heavy (non-hydrogen) atoms. The van der Waals surface area contributed by atoms with E-state index in [1.54, 1.807) is 17.9 Å². The standard InChI is InChI=1S/C20H20ClN5O2S/c1-11-9-12(2)26(23-11)8-7-25(19(27)16-10-13(3)28-24-16)20-22-18-14(4)15(21)5-6-17(18)29-20/h5-6,9-10H,7-8H2,1-4H3. The summed E-state index contributed by atoms with van der Waals surface area (Å²) < 4.78 is 7.96. The van der Waals surface area contributed by atoms with E-state index < -0.39 is 0 Å². The monoisotopic (exact) mass is 429 g/mol. The minimum absolute atomic E-state index is 0.255. The predicted octanol–water partition coefficient (Wildman–Crippen LogP) is 4.71. The zero-order chi connectivity index (χ0) is 20.7. The highest BCUT2D eigenvalue weighted by molar-refractivity contribution is 7.22. The molecule has 0 fully saturated rings. The molecule has 3 aromatic heterocycles. The lowest BCUT2D eigenvalue weighted by molar-refractivity contribution is 0.0977. The second-order valence-corrected chi connectivity index (χ2v) is 8.36. The number of rotatable bonds is 5. The van der Waals surface area contributed by atoms with Gasteiger partial charge < -0.3 is 4.52 Å². The Morgan fingerprint density at radius 1 is 1.24 bits per heavy atom. The third-order valence-electron chi connectivity index (χ3n) is 4.70. The molecule has 0 unspecified atom stereocenters. The zero-order valence-electron chi connectivity index (χ0n) is 16.6. The van der Waals surface area contributed by atoms with Gasteiger partial charge in [0, 0.05) is 23.3 Å². The number of nitrogens with zero attached hydrogens (tertiary/aromatic N) is 5. The molecule has 150 valence electrons. The number of halogens is 1. The quantitative estimate of drug-likeness (QED) is 0.459. The highest BCUT2D eigenvalue weighted by Crippen LogP contribution is 2.34. The van der Waals surface area contributed by atoms with Gasteiger partial charge in [-0.1, -0.05) is 28.1 Å². The number of amides is 1. The first kappa shape index (κ1) is 19.6. The summed E-state index contributed by atoms with van der Waals surface area (Å²) in [7, 11) is 0. The van der Waals surface area contributed by atoms with Gasteiger partial charge in [-0.05, 0) is 51.5 Å². The Morgan fingerprint density at radius 2 is 2.03 bits per heavy atom. The van der Waals surface area contributed by atoms with Gasteiger partial charge in [0.15, 0.2) is 10.8 Å². The summed E-state index contributed by atoms with van der Waals surface area (Å²) in [5, 5.41) is 9.63. The minimum atomic E-state index is -0.258. The van der Waals surface area contributed by atoms with Crippen LogP contribution in [0.2, 0.25) is 5.02 Å². The third-order valence-corrected chi connectivity index (χ3v) is 6.15. The van der Waals surface area contributed by atoms with E-state index in [4.69, 9.17) is 21.1 Å². The fourth-order valence-corrected chi connectivity index (χ4v) is 4.39. The zero-order valence-corrected chi connectivity index (χ0v) is 18.1. The van der Waals surface area contributed by atoms with E-state index in [2.05, 4.69) is 10.3 Å². The number of fused-ring (bicyclic) bond motifs is 1. The van der Waals surface area contributed by atoms with Gasteiger partial charge in [-0.25, -0.2) is 4.98 Å². The predicted molar refractivity (Wildman–Crippen MR) is 114 cm³/mol. The molecule has 0 radical (unpaired) electrons. The van der Waals surface area contributed by atoms with Crippen LogP contribution < -0.4 is 4.90 Å². The number of carbonyl (C=O) groups is 1. The van der Waals surface area contributed by atoms with Gasteiger partial charge in [0.1, 0.15) is 5.76 Å². The van der Waals surface area contributed by atoms with E-state index in [-0.39, 0.29) is 11.6 Å². The second kappa shape index (κ2) is 7.61. The van der Waals surface area contributed by atoms with Crippen molar-refractivity contribution in [1.29, 1.82) is 0 Å². The second-order valence-electron chi connectivity index (χ2n) is 6.95. The van der Waals surface area contributed by atoms with Crippen LogP contribution in [-0.4, -0.2) is 32.4 Å². The van der Waals surface area contributed by atoms with Crippen LogP contribution >= 0.6 is 22.9 Å². The van der Waals surface area contributed by atoms with Gasteiger partial charge in [-0.3, -0.25) is 14.4 Å². The first-order chi connectivity index (χ1) is 13.8. The average Bonchev–Trinajstić information content (AvgIpc) is 3.37. The average molecular weight is 430 g/mol. The lowest BCUT2D eigenvalue weighted by Gasteiger charge is -2.19. The van der Waals surface area contributed by atoms with Crippen molar-refractivity contribution in [3.63, 3.8) is 0 Å². The van der Waals surface area contributed by atoms with Gasteiger partial charge in [0.2, 0.25) is 0 Å². The fraction of sp³-hybridized carbons (Fsp3) is 0.300. The molecule has 0 N–H and O–H groups in total. The molecule has 0 aliphatic carbocycles. The lowest BCUT2D eigenvalue weighted by atomic mass is 10.2. The molecule has 3 heterocycles. The Labute approximate surface area is 176 Å². The summed E-state index contributed by atoms with van der Waals surface area (Å²) in [6.45, 7) is 8.57. The maximum Gasteiger partial charge on any atom is 0.282 e. The smallest absolute Gasteiger partial charge is 0.282 e. The summed E-state index contributed by atoms with van der Waals surface area (Å²) in [6, 6.07) is 7.42. The van der Waals surface area contributed by atoms with Crippen LogP contribution in [0, 0.1) is 27.7 Å². The number of aryl methyl sites for hydroxylation is 4. The number of carbonyl (C=O) groups excluding carboxylic acids is 1. The van der Waals surface area contributed by atoms with E-state index in [0.717, 1.165) is 27.2 Å². The van der Waals surface area contributed by atoms with E-state index in [1.165, 1.54) is 11.3 Å². The number of thiazole rings is 1. The van der Waals surface area contributed by atoms with E-state index in [0.29, 0.717) is 29.0 Å². The van der Waals surface area contributed by atoms with Crippen LogP contribution in [0.5, 0.6) is 0 Å². The number of benzene rings is 1. The number of anilines is 1. The maximum absolute atomic E-state index is 13.2. The highest BCUT2D eigenvalue weighted by atomic mass is 35.5. The first-order valence-corrected chi connectivity index (χ1v) is 10.3. The number of hydrogen-bond donors (Lipinski definition) is 0. The normalized spacial score (nSPS) is 11.3. The Kier molecular flexibility index (Phi) is 5.14. The van der Waals surface area contributed by atoms with Crippen LogP contribution in [0.15, 0.2) is 28.8 Å². The van der Waals surface area contributed by atoms with E-state index in [9.17, 15) is 4.79 Å². The highest BCUT2D eigenvalue weighted by Gasteiger charge is 2.25. The van der Waals surface area contributed by atoms with Crippen molar-refractivity contribution in [3.8, 4) is 0 Å². The third kappa shape index (κ3) is 3.77. The summed E-state index contributed by atoms with van der Waals surface area (Å²) in [5.74, 6) is 0.324. The van der Waals surface area contributed by atoms with E-state index >= 15 is 0 Å². The molecule has 9 heteroatoms. The number of aromatic nitrogens is 4. The Balaban J connectivity index is 1.72. The summed E-state index contributed by atoms with van der Waals surface area (Å²) in [6.07, 6.45) is 0. The van der Waals surface area contributed by atoms with Crippen LogP contribution in [0.3, 0.4) is 0 Å². The van der Waals surface area contributed by atoms with Crippen molar-refractivity contribution in [2.75, 3.05) is 11.4 Å². The summed E-state index contributed by atoms with van der Waals surface area (Å²) >= 11 is 7.70. The molecule has 0 bridgehead atoms. The van der Waals surface area contributed by atoms with Crippen LogP contribution in [-0.2, 0) is 6.54 Å². The van der Waals surface area contributed by atoms with Crippen molar-refractivity contribution in [1.82, 2.24) is 19.9 Å². The summed E-state index contributed by atoms with van der Waals surface area (Å²) in [5.41, 5.74) is 3.94. The minimum Gasteiger partial charge on any atom is -0.361 e. The van der Waals surface area contributed by atoms with Crippen molar-refractivity contribution in [3.05, 3.63) is 57.7 Å². The largest absolute Gasteiger partial charge is 0.361 e. The SMILES string of the molecule is Cc1cc(C)n(CCN(C(=O)c2cc(C)on2)c2nc3c(C)c(Cl)ccc3s2)n1. The Morgan fingerprint density at radius 3 is 2.69 bits per heavy atom. The molecule has 4 aromatic rings. The summed E-state index contributed by atoms with van der Waals surface area (Å²) in [4.78, 5) is 19.6. The molecular formula is C20H20ClN5O2S. The molecule has 0 aliphatic rings. The molecule has 0 saturated carbocycles. The molecule has 0 atom stereocenters. The van der Waals surface area contributed by atoms with Crippen molar-refractivity contribution < 1.29 is 9.32 Å². The molecule has 0 saturated heterocycles. The molecule has 0 spiro atoms. The van der Waals surface area contributed by atoms with Gasteiger partial charge in [-0.2, -0.15) is 5.10 Å². The lowest BCUT2D eigenvalue weighted by Crippen LogP contribution is -2.34. The van der Waals surface area contributed by atoms with Crippen LogP contribution in [0.4, 0.5) is 5.13 Å². The van der Waals surface area contributed by atoms with E-state index in [1.807, 2.05) is 43.7 Å². The van der Waals surface area contributed by atoms with Gasteiger partial charge in [-0.15, -0.1) is 0 Å². The van der Waals surface area contributed by atoms with Gasteiger partial charge >= 0.3 is 0 Å². The molecule has 1 amide bonds. The molecular weight excluding hydrogens is 410 g/mol. The number of hydrogen-bond acceptors (Lipinski definition) is 6. The molecule has 7 nitrogen and oxygen atoms in total. The van der Waals surface area contributed by atoms with Crippen molar-refractivity contribution in [2.45, 2.75) is 34.2 Å². The first-order valence-electron chi connectivity index (χ1n) is 9.15. The molecule has 0 aliphatic heterocycles. The maximum atomic E-state index is 13.2. The molecule has 1 aromatic carbocycles. The van der Waals surface area contributed by atoms with Crippen LogP contribution in [0.1, 0.15) is 33.2 Å². The molecule has 4 rings (SSSR count). The van der Waals surface area contributed by atoms with Gasteiger partial charge in [0.25, 0.3) is 5.91 Å².